The van der Waals surface area contributed by atoms with Crippen molar-refractivity contribution in [2.24, 2.45) is 0 Å². The summed E-state index contributed by atoms with van der Waals surface area (Å²) in [5, 5.41) is 12.6. The Morgan fingerprint density at radius 1 is 1.24 bits per heavy atom. The van der Waals surface area contributed by atoms with Crippen molar-refractivity contribution in [2.75, 3.05) is 11.9 Å². The SMILES string of the molecule is CNC(=O)/C(C#N)=C1\S[C@@H](Cc2ccc(C)c(Cl)c2)C(=O)N1c1ccc(C)cc1. The van der Waals surface area contributed by atoms with Crippen molar-refractivity contribution in [3.05, 3.63) is 74.8 Å². The first-order valence-corrected chi connectivity index (χ1v) is 10.3. The summed E-state index contributed by atoms with van der Waals surface area (Å²) in [6.07, 6.45) is 0.446. The summed E-state index contributed by atoms with van der Waals surface area (Å²) in [5.41, 5.74) is 3.50. The number of anilines is 1. The Kier molecular flexibility index (Phi) is 6.31. The topological polar surface area (TPSA) is 73.2 Å². The summed E-state index contributed by atoms with van der Waals surface area (Å²) in [6, 6.07) is 15.1. The molecule has 1 aliphatic heterocycles. The van der Waals surface area contributed by atoms with Crippen LogP contribution in [0.15, 0.2) is 53.1 Å². The first-order valence-electron chi connectivity index (χ1n) is 9.04. The molecular weight excluding hydrogens is 406 g/mol. The number of nitriles is 1. The second-order valence-electron chi connectivity index (χ2n) is 6.77. The van der Waals surface area contributed by atoms with E-state index >= 15 is 0 Å². The number of halogens is 1. The van der Waals surface area contributed by atoms with Gasteiger partial charge in [0.05, 0.1) is 5.25 Å². The molecule has 0 aliphatic carbocycles. The standard InChI is InChI=1S/C22H20ClN3O2S/c1-13-4-8-16(9-5-13)26-21(28)19(11-15-7-6-14(2)18(23)10-15)29-22(26)17(12-24)20(27)25-3/h4-10,19H,11H2,1-3H3,(H,25,27)/b22-17-/t19-/m0/s1. The number of rotatable bonds is 4. The van der Waals surface area contributed by atoms with Gasteiger partial charge in [-0.1, -0.05) is 53.2 Å². The largest absolute Gasteiger partial charge is 0.354 e. The summed E-state index contributed by atoms with van der Waals surface area (Å²) >= 11 is 7.47. The van der Waals surface area contributed by atoms with Gasteiger partial charge in [0.15, 0.2) is 0 Å². The Labute approximate surface area is 179 Å². The minimum atomic E-state index is -0.515. The molecule has 1 aliphatic rings. The van der Waals surface area contributed by atoms with Crippen LogP contribution in [0, 0.1) is 25.2 Å². The van der Waals surface area contributed by atoms with Crippen LogP contribution >= 0.6 is 23.4 Å². The van der Waals surface area contributed by atoms with Gasteiger partial charge in [0.2, 0.25) is 5.91 Å². The summed E-state index contributed by atoms with van der Waals surface area (Å²) in [6.45, 7) is 3.88. The summed E-state index contributed by atoms with van der Waals surface area (Å²) in [4.78, 5) is 27.0. The van der Waals surface area contributed by atoms with Crippen molar-refractivity contribution in [2.45, 2.75) is 25.5 Å². The summed E-state index contributed by atoms with van der Waals surface area (Å²) < 4.78 is 0. The summed E-state index contributed by atoms with van der Waals surface area (Å²) in [5.74, 6) is -0.679. The minimum absolute atomic E-state index is 0.0733. The fraction of sp³-hybridized carbons (Fsp3) is 0.227. The van der Waals surface area contributed by atoms with Crippen LogP contribution in [0.25, 0.3) is 0 Å². The third kappa shape index (κ3) is 4.31. The lowest BCUT2D eigenvalue weighted by Gasteiger charge is -2.18. The Morgan fingerprint density at radius 2 is 1.93 bits per heavy atom. The molecule has 148 valence electrons. The van der Waals surface area contributed by atoms with Gasteiger partial charge < -0.3 is 5.32 Å². The van der Waals surface area contributed by atoms with Gasteiger partial charge in [-0.25, -0.2) is 0 Å². The van der Waals surface area contributed by atoms with Crippen LogP contribution in [-0.2, 0) is 16.0 Å². The van der Waals surface area contributed by atoms with Crippen LogP contribution < -0.4 is 10.2 Å². The second kappa shape index (κ2) is 8.73. The van der Waals surface area contributed by atoms with E-state index in [2.05, 4.69) is 5.32 Å². The van der Waals surface area contributed by atoms with E-state index < -0.39 is 11.2 Å². The van der Waals surface area contributed by atoms with Gasteiger partial charge in [-0.15, -0.1) is 0 Å². The lowest BCUT2D eigenvalue weighted by atomic mass is 10.1. The molecule has 0 unspecified atom stereocenters. The van der Waals surface area contributed by atoms with Crippen molar-refractivity contribution in [1.82, 2.24) is 5.32 Å². The average molecular weight is 426 g/mol. The molecule has 2 amide bonds. The zero-order valence-electron chi connectivity index (χ0n) is 16.3. The van der Waals surface area contributed by atoms with Gasteiger partial charge in [0.1, 0.15) is 16.7 Å². The molecule has 3 rings (SSSR count). The minimum Gasteiger partial charge on any atom is -0.354 e. The van der Waals surface area contributed by atoms with Gasteiger partial charge in [-0.2, -0.15) is 5.26 Å². The molecule has 1 N–H and O–H groups in total. The Balaban J connectivity index is 2.03. The Bertz CT molecular complexity index is 1040. The smallest absolute Gasteiger partial charge is 0.264 e. The molecule has 2 aromatic rings. The number of benzene rings is 2. The van der Waals surface area contributed by atoms with Crippen molar-refractivity contribution >= 4 is 40.9 Å². The predicted molar refractivity (Wildman–Crippen MR) is 117 cm³/mol. The van der Waals surface area contributed by atoms with Gasteiger partial charge in [-0.05, 0) is 49.6 Å². The molecule has 0 spiro atoms. The number of thioether (sulfide) groups is 1. The number of hydrogen-bond donors (Lipinski definition) is 1. The van der Waals surface area contributed by atoms with Gasteiger partial charge in [0.25, 0.3) is 5.91 Å². The molecule has 0 bridgehead atoms. The molecule has 1 atom stereocenters. The van der Waals surface area contributed by atoms with Gasteiger partial charge >= 0.3 is 0 Å². The van der Waals surface area contributed by atoms with E-state index in [-0.39, 0.29) is 11.5 Å². The Morgan fingerprint density at radius 3 is 2.52 bits per heavy atom. The first-order chi connectivity index (χ1) is 13.8. The third-order valence-electron chi connectivity index (χ3n) is 4.68. The number of aryl methyl sites for hydroxylation is 2. The van der Waals surface area contributed by atoms with E-state index in [9.17, 15) is 14.9 Å². The van der Waals surface area contributed by atoms with Crippen LogP contribution in [0.4, 0.5) is 5.69 Å². The maximum Gasteiger partial charge on any atom is 0.264 e. The predicted octanol–water partition coefficient (Wildman–Crippen LogP) is 4.13. The molecule has 2 aromatic carbocycles. The highest BCUT2D eigenvalue weighted by Gasteiger charge is 2.40. The van der Waals surface area contributed by atoms with E-state index in [1.807, 2.05) is 62.4 Å². The van der Waals surface area contributed by atoms with E-state index in [1.54, 1.807) is 0 Å². The molecule has 5 nitrogen and oxygen atoms in total. The number of carbonyl (C=O) groups excluding carboxylic acids is 2. The highest BCUT2D eigenvalue weighted by atomic mass is 35.5. The van der Waals surface area contributed by atoms with Crippen molar-refractivity contribution in [3.8, 4) is 6.07 Å². The third-order valence-corrected chi connectivity index (χ3v) is 6.35. The van der Waals surface area contributed by atoms with Crippen molar-refractivity contribution in [3.63, 3.8) is 0 Å². The lowest BCUT2D eigenvalue weighted by Crippen LogP contribution is -2.31. The number of carbonyl (C=O) groups is 2. The number of likely N-dealkylation sites (N-methyl/N-ethyl adjacent to an activating group) is 1. The molecule has 1 saturated heterocycles. The molecule has 0 aromatic heterocycles. The molecule has 1 fully saturated rings. The zero-order valence-corrected chi connectivity index (χ0v) is 17.9. The number of amides is 2. The molecule has 1 heterocycles. The van der Waals surface area contributed by atoms with E-state index in [0.717, 1.165) is 16.7 Å². The number of hydrogen-bond acceptors (Lipinski definition) is 4. The van der Waals surface area contributed by atoms with Crippen LogP contribution in [0.2, 0.25) is 5.02 Å². The monoisotopic (exact) mass is 425 g/mol. The highest BCUT2D eigenvalue weighted by molar-refractivity contribution is 8.05. The second-order valence-corrected chi connectivity index (χ2v) is 8.37. The van der Waals surface area contributed by atoms with Crippen LogP contribution in [0.3, 0.4) is 0 Å². The molecule has 0 radical (unpaired) electrons. The number of nitrogens with one attached hydrogen (secondary N) is 1. The van der Waals surface area contributed by atoms with Gasteiger partial charge in [0, 0.05) is 17.8 Å². The molecule has 29 heavy (non-hydrogen) atoms. The van der Waals surface area contributed by atoms with Crippen LogP contribution in [-0.4, -0.2) is 24.1 Å². The maximum absolute atomic E-state index is 13.3. The Hall–Kier alpha value is -2.75. The van der Waals surface area contributed by atoms with Crippen LogP contribution in [0.1, 0.15) is 16.7 Å². The maximum atomic E-state index is 13.3. The van der Waals surface area contributed by atoms with E-state index in [0.29, 0.717) is 22.2 Å². The quantitative estimate of drug-likeness (QED) is 0.590. The summed E-state index contributed by atoms with van der Waals surface area (Å²) in [7, 11) is 1.46. The normalized spacial score (nSPS) is 17.8. The lowest BCUT2D eigenvalue weighted by molar-refractivity contribution is -0.117. The highest BCUT2D eigenvalue weighted by Crippen LogP contribution is 2.42. The number of nitrogens with zero attached hydrogens (tertiary/aromatic N) is 2. The van der Waals surface area contributed by atoms with Gasteiger partial charge in [-0.3, -0.25) is 14.5 Å². The van der Waals surface area contributed by atoms with E-state index in [4.69, 9.17) is 11.6 Å². The average Bonchev–Trinajstić information content (AvgIpc) is 3.01. The molecule has 7 heteroatoms. The fourth-order valence-electron chi connectivity index (χ4n) is 3.02. The van der Waals surface area contributed by atoms with Crippen LogP contribution in [0.5, 0.6) is 0 Å². The zero-order chi connectivity index (χ0) is 21.1. The van der Waals surface area contributed by atoms with Crippen molar-refractivity contribution < 1.29 is 9.59 Å². The molecule has 0 saturated carbocycles. The fourth-order valence-corrected chi connectivity index (χ4v) is 4.53. The van der Waals surface area contributed by atoms with E-state index in [1.165, 1.54) is 23.7 Å². The molecular formula is C22H20ClN3O2S. The first kappa shape index (κ1) is 21.0. The van der Waals surface area contributed by atoms with Crippen molar-refractivity contribution in [1.29, 1.82) is 5.26 Å².